The Hall–Kier alpha value is -1.17. The minimum Gasteiger partial charge on any atom is -0.392 e. The predicted octanol–water partition coefficient (Wildman–Crippen LogP) is 4.40. The first-order chi connectivity index (χ1) is 15.9. The summed E-state index contributed by atoms with van der Waals surface area (Å²) in [4.78, 5) is 16.7. The van der Waals surface area contributed by atoms with Crippen molar-refractivity contribution in [1.29, 1.82) is 0 Å². The third-order valence-corrected chi connectivity index (χ3v) is 8.19. The SMILES string of the molecule is CCCC[C@H](C)C[C@H](O)/C=C/[C@@H]1[C@H]2CC(CCCCC(=O)N3CCN(C)CC3)=C[C@H]2C[C@H]1O. The summed E-state index contributed by atoms with van der Waals surface area (Å²) in [5.41, 5.74) is 1.51. The summed E-state index contributed by atoms with van der Waals surface area (Å²) in [6.07, 6.45) is 15.9. The molecule has 0 aromatic carbocycles. The standard InChI is InChI=1S/C28H48N2O3/c1-4-5-8-21(2)17-24(31)11-12-25-26-19-22(18-23(26)20-27(25)32)9-6-7-10-28(33)30-15-13-29(3)14-16-30/h11-12,18,21,23-27,31-32H,4-10,13-17,19-20H2,1-3H3/b12-11+/t21-,23-,24+,25+,26-,27+/m0/s1. The van der Waals surface area contributed by atoms with Crippen molar-refractivity contribution in [1.82, 2.24) is 9.80 Å². The zero-order valence-corrected chi connectivity index (χ0v) is 21.3. The molecular formula is C28H48N2O3. The van der Waals surface area contributed by atoms with Gasteiger partial charge in [0.15, 0.2) is 0 Å². The second-order valence-corrected chi connectivity index (χ2v) is 11.1. The van der Waals surface area contributed by atoms with Crippen LogP contribution in [0.25, 0.3) is 0 Å². The number of piperazine rings is 1. The van der Waals surface area contributed by atoms with Crippen LogP contribution >= 0.6 is 0 Å². The number of rotatable bonds is 12. The van der Waals surface area contributed by atoms with Crippen molar-refractivity contribution in [2.45, 2.75) is 90.3 Å². The summed E-state index contributed by atoms with van der Waals surface area (Å²) in [7, 11) is 2.11. The molecule has 2 aliphatic carbocycles. The lowest BCUT2D eigenvalue weighted by atomic mass is 9.88. The molecule has 1 heterocycles. The van der Waals surface area contributed by atoms with Gasteiger partial charge in [-0.3, -0.25) is 4.79 Å². The topological polar surface area (TPSA) is 64.0 Å². The molecule has 6 atom stereocenters. The minimum absolute atomic E-state index is 0.156. The van der Waals surface area contributed by atoms with Gasteiger partial charge in [-0.15, -0.1) is 0 Å². The Labute approximate surface area is 201 Å². The molecule has 1 saturated heterocycles. The molecule has 33 heavy (non-hydrogen) atoms. The molecule has 0 spiro atoms. The fourth-order valence-corrected chi connectivity index (χ4v) is 6.05. The van der Waals surface area contributed by atoms with Crippen LogP contribution in [0.15, 0.2) is 23.8 Å². The van der Waals surface area contributed by atoms with Crippen LogP contribution in [0.4, 0.5) is 0 Å². The predicted molar refractivity (Wildman–Crippen MR) is 135 cm³/mol. The van der Waals surface area contributed by atoms with E-state index >= 15 is 0 Å². The zero-order valence-electron chi connectivity index (χ0n) is 21.3. The Kier molecular flexibility index (Phi) is 10.5. The smallest absolute Gasteiger partial charge is 0.222 e. The number of hydrogen-bond donors (Lipinski definition) is 2. The lowest BCUT2D eigenvalue weighted by Gasteiger charge is -2.32. The van der Waals surface area contributed by atoms with E-state index in [1.165, 1.54) is 24.8 Å². The summed E-state index contributed by atoms with van der Waals surface area (Å²) in [5, 5.41) is 21.0. The lowest BCUT2D eigenvalue weighted by molar-refractivity contribution is -0.132. The third kappa shape index (κ3) is 7.93. The summed E-state index contributed by atoms with van der Waals surface area (Å²) < 4.78 is 0. The third-order valence-electron chi connectivity index (χ3n) is 8.19. The monoisotopic (exact) mass is 460 g/mol. The number of carbonyl (C=O) groups is 1. The summed E-state index contributed by atoms with van der Waals surface area (Å²) >= 11 is 0. The summed E-state index contributed by atoms with van der Waals surface area (Å²) in [6.45, 7) is 8.13. The van der Waals surface area contributed by atoms with Gasteiger partial charge in [-0.05, 0) is 63.3 Å². The molecule has 5 heteroatoms. The number of amides is 1. The van der Waals surface area contributed by atoms with E-state index in [0.29, 0.717) is 30.1 Å². The lowest BCUT2D eigenvalue weighted by Crippen LogP contribution is -2.47. The van der Waals surface area contributed by atoms with Crippen LogP contribution < -0.4 is 0 Å². The second-order valence-electron chi connectivity index (χ2n) is 11.1. The highest BCUT2D eigenvalue weighted by Gasteiger charge is 2.43. The van der Waals surface area contributed by atoms with Crippen LogP contribution in [-0.2, 0) is 4.79 Å². The second kappa shape index (κ2) is 13.1. The van der Waals surface area contributed by atoms with Gasteiger partial charge >= 0.3 is 0 Å². The molecule has 0 aromatic rings. The Morgan fingerprint density at radius 1 is 1.21 bits per heavy atom. The normalized spacial score (nSPS) is 30.0. The van der Waals surface area contributed by atoms with Crippen molar-refractivity contribution in [3.05, 3.63) is 23.8 Å². The highest BCUT2D eigenvalue weighted by atomic mass is 16.3. The van der Waals surface area contributed by atoms with Crippen molar-refractivity contribution in [2.24, 2.45) is 23.7 Å². The molecule has 188 valence electrons. The van der Waals surface area contributed by atoms with Gasteiger partial charge in [0.25, 0.3) is 0 Å². The van der Waals surface area contributed by atoms with Gasteiger partial charge in [-0.1, -0.05) is 56.9 Å². The minimum atomic E-state index is -0.408. The Balaban J connectivity index is 1.37. The summed E-state index contributed by atoms with van der Waals surface area (Å²) in [5.74, 6) is 1.95. The highest BCUT2D eigenvalue weighted by molar-refractivity contribution is 5.76. The van der Waals surface area contributed by atoms with Gasteiger partial charge in [0.2, 0.25) is 5.91 Å². The Morgan fingerprint density at radius 3 is 2.70 bits per heavy atom. The number of unbranched alkanes of at least 4 members (excludes halogenated alkanes) is 2. The van der Waals surface area contributed by atoms with Crippen LogP contribution in [0.1, 0.15) is 78.1 Å². The molecule has 0 aromatic heterocycles. The average Bonchev–Trinajstić information content (AvgIpc) is 3.30. The maximum Gasteiger partial charge on any atom is 0.222 e. The number of nitrogens with zero attached hydrogens (tertiary/aromatic N) is 2. The Morgan fingerprint density at radius 2 is 1.97 bits per heavy atom. The maximum atomic E-state index is 12.4. The molecule has 2 fully saturated rings. The van der Waals surface area contributed by atoms with E-state index in [1.807, 2.05) is 11.0 Å². The van der Waals surface area contributed by atoms with Crippen LogP contribution in [0.3, 0.4) is 0 Å². The molecule has 1 amide bonds. The number of aliphatic hydroxyl groups is 2. The van der Waals surface area contributed by atoms with Gasteiger partial charge in [0, 0.05) is 38.5 Å². The van der Waals surface area contributed by atoms with Gasteiger partial charge in [-0.2, -0.15) is 0 Å². The highest BCUT2D eigenvalue weighted by Crippen LogP contribution is 2.48. The van der Waals surface area contributed by atoms with Crippen molar-refractivity contribution in [2.75, 3.05) is 33.2 Å². The number of aliphatic hydroxyl groups excluding tert-OH is 2. The fourth-order valence-electron chi connectivity index (χ4n) is 6.05. The van der Waals surface area contributed by atoms with E-state index in [9.17, 15) is 15.0 Å². The number of hydrogen-bond acceptors (Lipinski definition) is 4. The molecule has 3 aliphatic rings. The molecule has 1 saturated carbocycles. The molecule has 0 unspecified atom stereocenters. The number of likely N-dealkylation sites (N-methyl/N-ethyl adjacent to an activating group) is 1. The molecule has 1 aliphatic heterocycles. The van der Waals surface area contributed by atoms with Gasteiger partial charge in [-0.25, -0.2) is 0 Å². The first-order valence-corrected chi connectivity index (χ1v) is 13.6. The Bertz CT molecular complexity index is 668. The van der Waals surface area contributed by atoms with Crippen molar-refractivity contribution < 1.29 is 15.0 Å². The maximum absolute atomic E-state index is 12.4. The van der Waals surface area contributed by atoms with Gasteiger partial charge in [0.05, 0.1) is 12.2 Å². The van der Waals surface area contributed by atoms with E-state index in [4.69, 9.17) is 0 Å². The van der Waals surface area contributed by atoms with Crippen LogP contribution in [0.2, 0.25) is 0 Å². The van der Waals surface area contributed by atoms with E-state index in [2.05, 4.69) is 37.9 Å². The molecule has 2 N–H and O–H groups in total. The van der Waals surface area contributed by atoms with Crippen LogP contribution in [-0.4, -0.2) is 71.4 Å². The van der Waals surface area contributed by atoms with Gasteiger partial charge < -0.3 is 20.0 Å². The molecule has 3 rings (SSSR count). The quantitative estimate of drug-likeness (QED) is 0.335. The van der Waals surface area contributed by atoms with E-state index in [-0.39, 0.29) is 12.0 Å². The van der Waals surface area contributed by atoms with Crippen molar-refractivity contribution in [3.63, 3.8) is 0 Å². The molecular weight excluding hydrogens is 412 g/mol. The average molecular weight is 461 g/mol. The van der Waals surface area contributed by atoms with Gasteiger partial charge in [0.1, 0.15) is 0 Å². The van der Waals surface area contributed by atoms with Crippen LogP contribution in [0, 0.1) is 23.7 Å². The number of allylic oxidation sites excluding steroid dienone is 2. The number of carbonyl (C=O) groups excluding carboxylic acids is 1. The van der Waals surface area contributed by atoms with Crippen LogP contribution in [0.5, 0.6) is 0 Å². The zero-order chi connectivity index (χ0) is 23.8. The first-order valence-electron chi connectivity index (χ1n) is 13.6. The summed E-state index contributed by atoms with van der Waals surface area (Å²) in [6, 6.07) is 0. The molecule has 5 nitrogen and oxygen atoms in total. The first kappa shape index (κ1) is 26.4. The number of fused-ring (bicyclic) bond motifs is 1. The van der Waals surface area contributed by atoms with E-state index in [1.54, 1.807) is 0 Å². The fraction of sp³-hybridized carbons (Fsp3) is 0.821. The molecule has 0 bridgehead atoms. The van der Waals surface area contributed by atoms with Crippen molar-refractivity contribution in [3.8, 4) is 0 Å². The largest absolute Gasteiger partial charge is 0.392 e. The van der Waals surface area contributed by atoms with Crippen molar-refractivity contribution >= 4 is 5.91 Å². The van der Waals surface area contributed by atoms with E-state index < -0.39 is 6.10 Å². The molecule has 0 radical (unpaired) electrons. The van der Waals surface area contributed by atoms with E-state index in [0.717, 1.165) is 64.7 Å².